The van der Waals surface area contributed by atoms with E-state index in [1.54, 1.807) is 59.7 Å². The van der Waals surface area contributed by atoms with E-state index >= 15 is 0 Å². The van der Waals surface area contributed by atoms with Gasteiger partial charge in [0.2, 0.25) is 11.6 Å². The number of benzene rings is 2. The van der Waals surface area contributed by atoms with Crippen LogP contribution in [-0.2, 0) is 9.47 Å². The number of carbonyl (C=O) groups is 4. The lowest BCUT2D eigenvalue weighted by atomic mass is 10.0. The second kappa shape index (κ2) is 9.64. The van der Waals surface area contributed by atoms with Crippen molar-refractivity contribution in [3.8, 4) is 11.5 Å². The second-order valence-corrected chi connectivity index (χ2v) is 8.79. The van der Waals surface area contributed by atoms with Gasteiger partial charge in [-0.05, 0) is 53.7 Å². The van der Waals surface area contributed by atoms with Gasteiger partial charge in [-0.3, -0.25) is 9.59 Å². The fraction of sp³-hybridized carbons (Fsp3) is 0.333. The summed E-state index contributed by atoms with van der Waals surface area (Å²) in [5, 5.41) is 0. The topological polar surface area (TPSA) is 105 Å². The largest absolute Gasteiger partial charge is 0.514 e. The molecule has 2 rings (SSSR count). The van der Waals surface area contributed by atoms with Crippen molar-refractivity contribution in [2.75, 3.05) is 0 Å². The van der Waals surface area contributed by atoms with Crippen LogP contribution in [0.15, 0.2) is 48.5 Å². The van der Waals surface area contributed by atoms with Gasteiger partial charge < -0.3 is 18.9 Å². The number of Topliss-reactive ketones (excluding diaryl/α,β-unsaturated/α-hetero) is 2. The van der Waals surface area contributed by atoms with Crippen LogP contribution >= 0.6 is 0 Å². The summed E-state index contributed by atoms with van der Waals surface area (Å²) in [5.41, 5.74) is -1.85. The number of hydrogen-bond acceptors (Lipinski definition) is 8. The van der Waals surface area contributed by atoms with E-state index in [0.29, 0.717) is 0 Å². The molecule has 8 nitrogen and oxygen atoms in total. The molecule has 0 unspecified atom stereocenters. The summed E-state index contributed by atoms with van der Waals surface area (Å²) in [6.45, 7) is 9.81. The number of ketones is 2. The molecular formula is C24H26O8. The van der Waals surface area contributed by atoms with E-state index in [0.717, 1.165) is 0 Å². The zero-order valence-electron chi connectivity index (χ0n) is 18.9. The molecule has 8 heteroatoms. The highest BCUT2D eigenvalue weighted by molar-refractivity contribution is 6.49. The SMILES string of the molecule is CC(C)(C)OC(=O)Oc1cccc(C(=O)C(=O)c2ccccc2)c1OC(=O)OC(C)(C)C. The van der Waals surface area contributed by atoms with Gasteiger partial charge in [-0.25, -0.2) is 9.59 Å². The van der Waals surface area contributed by atoms with Crippen LogP contribution in [0.5, 0.6) is 11.5 Å². The van der Waals surface area contributed by atoms with E-state index in [2.05, 4.69) is 0 Å². The smallest absolute Gasteiger partial charge is 0.428 e. The molecule has 0 aliphatic heterocycles. The number of carbonyl (C=O) groups excluding carboxylic acids is 4. The van der Waals surface area contributed by atoms with Gasteiger partial charge in [0.05, 0.1) is 5.56 Å². The average molecular weight is 442 g/mol. The second-order valence-electron chi connectivity index (χ2n) is 8.79. The molecule has 0 atom stereocenters. The highest BCUT2D eigenvalue weighted by atomic mass is 16.8. The molecule has 0 aliphatic rings. The highest BCUT2D eigenvalue weighted by Gasteiger charge is 2.29. The number of hydrogen-bond donors (Lipinski definition) is 0. The standard InChI is InChI=1S/C24H26O8/c1-23(2,3)31-21(27)29-17-14-10-13-16(20(17)30-22(28)32-24(4,5)6)19(26)18(25)15-11-8-7-9-12-15/h7-14H,1-6H3. The Hall–Kier alpha value is -3.68. The first-order chi connectivity index (χ1) is 14.8. The highest BCUT2D eigenvalue weighted by Crippen LogP contribution is 2.34. The van der Waals surface area contributed by atoms with Gasteiger partial charge in [-0.15, -0.1) is 0 Å². The van der Waals surface area contributed by atoms with Crippen LogP contribution in [0.4, 0.5) is 9.59 Å². The van der Waals surface area contributed by atoms with Crippen molar-refractivity contribution in [2.24, 2.45) is 0 Å². The predicted molar refractivity (Wildman–Crippen MR) is 115 cm³/mol. The maximum absolute atomic E-state index is 12.9. The van der Waals surface area contributed by atoms with Crippen LogP contribution in [0.3, 0.4) is 0 Å². The number of para-hydroxylation sites is 1. The molecule has 0 fully saturated rings. The molecule has 32 heavy (non-hydrogen) atoms. The summed E-state index contributed by atoms with van der Waals surface area (Å²) in [4.78, 5) is 50.1. The minimum Gasteiger partial charge on any atom is -0.428 e. The van der Waals surface area contributed by atoms with Crippen LogP contribution in [0.2, 0.25) is 0 Å². The molecule has 0 N–H and O–H groups in total. The van der Waals surface area contributed by atoms with Crippen molar-refractivity contribution < 1.29 is 38.1 Å². The summed E-state index contributed by atoms with van der Waals surface area (Å²) in [7, 11) is 0. The molecule has 0 spiro atoms. The first-order valence-electron chi connectivity index (χ1n) is 9.85. The Bertz CT molecular complexity index is 1010. The minimum atomic E-state index is -1.14. The van der Waals surface area contributed by atoms with Gasteiger partial charge in [0.25, 0.3) is 0 Å². The lowest BCUT2D eigenvalue weighted by molar-refractivity contribution is 0.0136. The van der Waals surface area contributed by atoms with Crippen molar-refractivity contribution in [3.05, 3.63) is 59.7 Å². The molecular weight excluding hydrogens is 416 g/mol. The maximum atomic E-state index is 12.9. The maximum Gasteiger partial charge on any atom is 0.514 e. The van der Waals surface area contributed by atoms with Crippen molar-refractivity contribution in [1.29, 1.82) is 0 Å². The molecule has 0 bridgehead atoms. The Morgan fingerprint density at radius 3 is 1.69 bits per heavy atom. The van der Waals surface area contributed by atoms with E-state index in [9.17, 15) is 19.2 Å². The normalized spacial score (nSPS) is 11.3. The Labute approximate surface area is 186 Å². The van der Waals surface area contributed by atoms with Crippen molar-refractivity contribution >= 4 is 23.9 Å². The fourth-order valence-corrected chi connectivity index (χ4v) is 2.44. The van der Waals surface area contributed by atoms with E-state index in [1.165, 1.54) is 30.3 Å². The van der Waals surface area contributed by atoms with Crippen LogP contribution in [0.25, 0.3) is 0 Å². The molecule has 2 aromatic carbocycles. The van der Waals surface area contributed by atoms with Gasteiger partial charge in [0.1, 0.15) is 11.2 Å². The third kappa shape index (κ3) is 7.23. The molecule has 0 amide bonds. The Morgan fingerprint density at radius 1 is 0.625 bits per heavy atom. The Morgan fingerprint density at radius 2 is 1.16 bits per heavy atom. The lowest BCUT2D eigenvalue weighted by Crippen LogP contribution is -2.28. The van der Waals surface area contributed by atoms with E-state index < -0.39 is 40.8 Å². The van der Waals surface area contributed by atoms with Crippen LogP contribution in [0, 0.1) is 0 Å². The van der Waals surface area contributed by atoms with Gasteiger partial charge in [0, 0.05) is 5.56 Å². The molecule has 0 heterocycles. The van der Waals surface area contributed by atoms with Gasteiger partial charge in [-0.2, -0.15) is 0 Å². The zero-order valence-corrected chi connectivity index (χ0v) is 18.9. The van der Waals surface area contributed by atoms with Gasteiger partial charge >= 0.3 is 12.3 Å². The number of rotatable bonds is 5. The summed E-state index contributed by atoms with van der Waals surface area (Å²) in [5.74, 6) is -2.49. The summed E-state index contributed by atoms with van der Waals surface area (Å²) >= 11 is 0. The Balaban J connectivity index is 2.45. The molecule has 0 aromatic heterocycles. The van der Waals surface area contributed by atoms with Crippen LogP contribution in [-0.4, -0.2) is 35.1 Å². The molecule has 0 saturated heterocycles. The van der Waals surface area contributed by atoms with Crippen molar-refractivity contribution in [3.63, 3.8) is 0 Å². The van der Waals surface area contributed by atoms with Crippen LogP contribution < -0.4 is 9.47 Å². The monoisotopic (exact) mass is 442 g/mol. The number of ether oxygens (including phenoxy) is 4. The molecule has 170 valence electrons. The van der Waals surface area contributed by atoms with E-state index in [1.807, 2.05) is 0 Å². The van der Waals surface area contributed by atoms with Crippen LogP contribution in [0.1, 0.15) is 62.3 Å². The molecule has 0 saturated carbocycles. The molecule has 0 radical (unpaired) electrons. The minimum absolute atomic E-state index is 0.152. The van der Waals surface area contributed by atoms with Crippen molar-refractivity contribution in [1.82, 2.24) is 0 Å². The third-order valence-corrected chi connectivity index (χ3v) is 3.62. The quantitative estimate of drug-likeness (QED) is 0.263. The fourth-order valence-electron chi connectivity index (χ4n) is 2.44. The summed E-state index contributed by atoms with van der Waals surface area (Å²) < 4.78 is 20.6. The van der Waals surface area contributed by atoms with Crippen molar-refractivity contribution in [2.45, 2.75) is 52.7 Å². The summed E-state index contributed by atoms with van der Waals surface area (Å²) in [6, 6.07) is 11.9. The van der Waals surface area contributed by atoms with Gasteiger partial charge in [0.15, 0.2) is 11.5 Å². The Kier molecular flexibility index (Phi) is 7.40. The first-order valence-corrected chi connectivity index (χ1v) is 9.85. The van der Waals surface area contributed by atoms with E-state index in [-0.39, 0.29) is 16.9 Å². The average Bonchev–Trinajstić information content (AvgIpc) is 2.66. The predicted octanol–water partition coefficient (Wildman–Crippen LogP) is 5.38. The van der Waals surface area contributed by atoms with Gasteiger partial charge in [-0.1, -0.05) is 36.4 Å². The molecule has 2 aromatic rings. The summed E-state index contributed by atoms with van der Waals surface area (Å²) in [6.07, 6.45) is -2.22. The zero-order chi connectivity index (χ0) is 24.1. The first kappa shape index (κ1) is 24.6. The third-order valence-electron chi connectivity index (χ3n) is 3.62. The lowest BCUT2D eigenvalue weighted by Gasteiger charge is -2.21. The van der Waals surface area contributed by atoms with E-state index in [4.69, 9.17) is 18.9 Å². The molecule has 0 aliphatic carbocycles.